The maximum Gasteiger partial charge on any atom is 0.416 e. The molecule has 0 N–H and O–H groups in total. The molecule has 0 atom stereocenters. The van der Waals surface area contributed by atoms with Gasteiger partial charge in [0.05, 0.1) is 23.6 Å². The van der Waals surface area contributed by atoms with E-state index in [2.05, 4.69) is 4.98 Å². The van der Waals surface area contributed by atoms with Crippen LogP contribution in [0.5, 0.6) is 11.5 Å². The lowest BCUT2D eigenvalue weighted by Crippen LogP contribution is -2.23. The quantitative estimate of drug-likeness (QED) is 0.373. The zero-order chi connectivity index (χ0) is 24.7. The molecule has 1 amide bonds. The first kappa shape index (κ1) is 25.0. The fourth-order valence-corrected chi connectivity index (χ4v) is 3.72. The van der Waals surface area contributed by atoms with Gasteiger partial charge >= 0.3 is 12.1 Å². The van der Waals surface area contributed by atoms with Crippen molar-refractivity contribution in [3.05, 3.63) is 65.2 Å². The van der Waals surface area contributed by atoms with Crippen molar-refractivity contribution in [1.29, 1.82) is 0 Å². The standard InChI is InChI=1S/C23H21F3N2O5S/c1-3-31-19-7-9-20(10-8-19)32-13-21(30)33-12-17-14-34-22(27-17)28(15(2)29)18-6-4-5-16(11-18)23(24,25)26/h4-11,14H,3,12-13H2,1-2H3. The Bertz CT molecular complexity index is 1130. The van der Waals surface area contributed by atoms with Gasteiger partial charge in [-0.2, -0.15) is 13.2 Å². The highest BCUT2D eigenvalue weighted by Gasteiger charge is 2.31. The van der Waals surface area contributed by atoms with Gasteiger partial charge in [0, 0.05) is 12.3 Å². The molecule has 0 radical (unpaired) electrons. The van der Waals surface area contributed by atoms with E-state index < -0.39 is 23.6 Å². The molecule has 3 rings (SSSR count). The van der Waals surface area contributed by atoms with Crippen LogP contribution in [0.4, 0.5) is 24.0 Å². The Morgan fingerprint density at radius 1 is 1.06 bits per heavy atom. The molecule has 0 saturated heterocycles. The molecule has 0 aliphatic heterocycles. The number of thiazole rings is 1. The number of benzene rings is 2. The summed E-state index contributed by atoms with van der Waals surface area (Å²) in [6.07, 6.45) is -4.55. The van der Waals surface area contributed by atoms with Crippen LogP contribution < -0.4 is 14.4 Å². The van der Waals surface area contributed by atoms with Crippen LogP contribution >= 0.6 is 11.3 Å². The summed E-state index contributed by atoms with van der Waals surface area (Å²) >= 11 is 1.04. The van der Waals surface area contributed by atoms with Crippen LogP contribution in [0.1, 0.15) is 25.1 Å². The Morgan fingerprint density at radius 2 is 1.74 bits per heavy atom. The summed E-state index contributed by atoms with van der Waals surface area (Å²) in [5.74, 6) is 0.00162. The van der Waals surface area contributed by atoms with E-state index in [4.69, 9.17) is 14.2 Å². The molecule has 1 heterocycles. The second-order valence-electron chi connectivity index (χ2n) is 6.88. The number of amides is 1. The van der Waals surface area contributed by atoms with Crippen molar-refractivity contribution in [3.8, 4) is 11.5 Å². The van der Waals surface area contributed by atoms with Crippen LogP contribution in [0.15, 0.2) is 53.9 Å². The molecule has 2 aromatic carbocycles. The van der Waals surface area contributed by atoms with Gasteiger partial charge in [-0.3, -0.25) is 9.69 Å². The third-order valence-electron chi connectivity index (χ3n) is 4.35. The van der Waals surface area contributed by atoms with Crippen molar-refractivity contribution < 1.29 is 37.0 Å². The van der Waals surface area contributed by atoms with E-state index in [1.54, 1.807) is 29.6 Å². The number of hydrogen-bond acceptors (Lipinski definition) is 7. The van der Waals surface area contributed by atoms with E-state index in [1.807, 2.05) is 6.92 Å². The van der Waals surface area contributed by atoms with Gasteiger partial charge in [0.15, 0.2) is 11.7 Å². The first-order chi connectivity index (χ1) is 16.2. The third kappa shape index (κ3) is 6.70. The Kier molecular flexibility index (Phi) is 8.11. The molecular formula is C23H21F3N2O5S. The summed E-state index contributed by atoms with van der Waals surface area (Å²) in [6.45, 7) is 3.12. The number of halogens is 3. The molecule has 0 bridgehead atoms. The molecule has 0 unspecified atom stereocenters. The summed E-state index contributed by atoms with van der Waals surface area (Å²) < 4.78 is 55.0. The number of rotatable bonds is 9. The van der Waals surface area contributed by atoms with Crippen LogP contribution in [0.25, 0.3) is 0 Å². The molecule has 34 heavy (non-hydrogen) atoms. The maximum atomic E-state index is 13.1. The first-order valence-corrected chi connectivity index (χ1v) is 11.0. The Balaban J connectivity index is 1.59. The SMILES string of the molecule is CCOc1ccc(OCC(=O)OCc2csc(N(C(C)=O)c3cccc(C(F)(F)F)c3)n2)cc1. The topological polar surface area (TPSA) is 78.0 Å². The van der Waals surface area contributed by atoms with Gasteiger partial charge in [-0.05, 0) is 49.4 Å². The number of esters is 1. The van der Waals surface area contributed by atoms with Gasteiger partial charge in [0.2, 0.25) is 5.91 Å². The molecule has 7 nitrogen and oxygen atoms in total. The Morgan fingerprint density at radius 3 is 2.35 bits per heavy atom. The second-order valence-corrected chi connectivity index (χ2v) is 7.71. The van der Waals surface area contributed by atoms with E-state index in [0.717, 1.165) is 28.4 Å². The predicted octanol–water partition coefficient (Wildman–Crippen LogP) is 5.37. The van der Waals surface area contributed by atoms with Crippen LogP contribution in [0, 0.1) is 0 Å². The van der Waals surface area contributed by atoms with Crippen molar-refractivity contribution in [2.75, 3.05) is 18.1 Å². The van der Waals surface area contributed by atoms with Crippen LogP contribution in [0.3, 0.4) is 0 Å². The Hall–Kier alpha value is -3.60. The minimum absolute atomic E-state index is 0.0315. The highest BCUT2D eigenvalue weighted by atomic mass is 32.1. The smallest absolute Gasteiger partial charge is 0.416 e. The monoisotopic (exact) mass is 494 g/mol. The summed E-state index contributed by atoms with van der Waals surface area (Å²) in [7, 11) is 0. The largest absolute Gasteiger partial charge is 0.494 e. The van der Waals surface area contributed by atoms with Crippen molar-refractivity contribution >= 4 is 34.0 Å². The lowest BCUT2D eigenvalue weighted by atomic mass is 10.2. The Labute approximate surface area is 197 Å². The summed E-state index contributed by atoms with van der Waals surface area (Å²) in [5.41, 5.74) is -0.508. The third-order valence-corrected chi connectivity index (χ3v) is 5.22. The fourth-order valence-electron chi connectivity index (χ4n) is 2.85. The van der Waals surface area contributed by atoms with E-state index in [9.17, 15) is 22.8 Å². The van der Waals surface area contributed by atoms with Crippen LogP contribution in [-0.4, -0.2) is 30.1 Å². The van der Waals surface area contributed by atoms with Crippen molar-refractivity contribution in [1.82, 2.24) is 4.98 Å². The molecule has 0 spiro atoms. The lowest BCUT2D eigenvalue weighted by Gasteiger charge is -2.19. The van der Waals surface area contributed by atoms with Gasteiger partial charge in [-0.25, -0.2) is 9.78 Å². The number of aromatic nitrogens is 1. The highest BCUT2D eigenvalue weighted by Crippen LogP contribution is 2.35. The van der Waals surface area contributed by atoms with Crippen molar-refractivity contribution in [2.45, 2.75) is 26.6 Å². The average molecular weight is 494 g/mol. The number of alkyl halides is 3. The molecule has 180 valence electrons. The minimum atomic E-state index is -4.55. The summed E-state index contributed by atoms with van der Waals surface area (Å²) in [4.78, 5) is 29.5. The van der Waals surface area contributed by atoms with Gasteiger partial charge in [0.1, 0.15) is 18.1 Å². The van der Waals surface area contributed by atoms with E-state index in [1.165, 1.54) is 19.1 Å². The number of hydrogen-bond donors (Lipinski definition) is 0. The molecule has 0 fully saturated rings. The molecule has 0 aliphatic rings. The molecule has 11 heteroatoms. The molecule has 0 saturated carbocycles. The summed E-state index contributed by atoms with van der Waals surface area (Å²) in [6, 6.07) is 11.2. The zero-order valence-corrected chi connectivity index (χ0v) is 19.1. The van der Waals surface area contributed by atoms with Gasteiger partial charge in [-0.1, -0.05) is 6.07 Å². The highest BCUT2D eigenvalue weighted by molar-refractivity contribution is 7.14. The van der Waals surface area contributed by atoms with Gasteiger partial charge < -0.3 is 14.2 Å². The molecule has 0 aliphatic carbocycles. The number of nitrogens with zero attached hydrogens (tertiary/aromatic N) is 2. The number of anilines is 2. The molecule has 3 aromatic rings. The zero-order valence-electron chi connectivity index (χ0n) is 18.3. The van der Waals surface area contributed by atoms with E-state index in [-0.39, 0.29) is 24.0 Å². The van der Waals surface area contributed by atoms with Gasteiger partial charge in [0.25, 0.3) is 0 Å². The predicted molar refractivity (Wildman–Crippen MR) is 119 cm³/mol. The molecule has 1 aromatic heterocycles. The van der Waals surface area contributed by atoms with Crippen molar-refractivity contribution in [3.63, 3.8) is 0 Å². The van der Waals surface area contributed by atoms with E-state index >= 15 is 0 Å². The van der Waals surface area contributed by atoms with Crippen LogP contribution in [-0.2, 0) is 27.1 Å². The average Bonchev–Trinajstić information content (AvgIpc) is 3.25. The number of carbonyl (C=O) groups is 2. The number of ether oxygens (including phenoxy) is 3. The first-order valence-electron chi connectivity index (χ1n) is 10.1. The van der Waals surface area contributed by atoms with Crippen molar-refractivity contribution in [2.24, 2.45) is 0 Å². The molecular weight excluding hydrogens is 473 g/mol. The lowest BCUT2D eigenvalue weighted by molar-refractivity contribution is -0.147. The second kappa shape index (κ2) is 11.0. The number of carbonyl (C=O) groups excluding carboxylic acids is 2. The summed E-state index contributed by atoms with van der Waals surface area (Å²) in [5, 5.41) is 1.71. The van der Waals surface area contributed by atoms with E-state index in [0.29, 0.717) is 23.8 Å². The minimum Gasteiger partial charge on any atom is -0.494 e. The van der Waals surface area contributed by atoms with Crippen LogP contribution in [0.2, 0.25) is 0 Å². The van der Waals surface area contributed by atoms with Gasteiger partial charge in [-0.15, -0.1) is 11.3 Å². The fraction of sp³-hybridized carbons (Fsp3) is 0.261. The normalized spacial score (nSPS) is 11.1. The maximum absolute atomic E-state index is 13.1.